The zero-order valence-electron chi connectivity index (χ0n) is 10.7. The maximum Gasteiger partial charge on any atom is 0.270 e. The highest BCUT2D eigenvalue weighted by atomic mass is 35.5. The number of carbonyl (C=O) groups is 2. The van der Waals surface area contributed by atoms with Gasteiger partial charge in [-0.1, -0.05) is 11.6 Å². The second-order valence-corrected chi connectivity index (χ2v) is 5.09. The van der Waals surface area contributed by atoms with Crippen LogP contribution < -0.4 is 5.73 Å². The van der Waals surface area contributed by atoms with Gasteiger partial charge in [0.05, 0.1) is 21.6 Å². The third-order valence-corrected chi connectivity index (χ3v) is 3.57. The number of β-amino-alcohol motifs (C(OH)–C–C–N with tert-alkyl or cyclic N) is 1. The molecule has 2 unspecified atom stereocenters. The first-order valence-corrected chi connectivity index (χ1v) is 6.41. The number of hydrogen-bond donors (Lipinski definition) is 2. The van der Waals surface area contributed by atoms with Gasteiger partial charge in [0.2, 0.25) is 5.91 Å². The lowest BCUT2D eigenvalue weighted by Gasteiger charge is -2.22. The summed E-state index contributed by atoms with van der Waals surface area (Å²) >= 11 is 5.88. The van der Waals surface area contributed by atoms with E-state index < -0.39 is 28.9 Å². The van der Waals surface area contributed by atoms with Crippen LogP contribution in [-0.2, 0) is 4.79 Å². The smallest absolute Gasteiger partial charge is 0.270 e. The molecule has 1 heterocycles. The molecule has 1 aliphatic rings. The third kappa shape index (κ3) is 2.96. The molecule has 8 nitrogen and oxygen atoms in total. The largest absolute Gasteiger partial charge is 0.391 e. The summed E-state index contributed by atoms with van der Waals surface area (Å²) < 4.78 is 0. The molecule has 112 valence electrons. The minimum atomic E-state index is -0.918. The average molecular weight is 314 g/mol. The van der Waals surface area contributed by atoms with Crippen LogP contribution in [-0.4, -0.2) is 45.4 Å². The number of carbonyl (C=O) groups excluding carboxylic acids is 2. The zero-order chi connectivity index (χ0) is 15.7. The number of aliphatic hydroxyl groups is 1. The average Bonchev–Trinajstić information content (AvgIpc) is 2.80. The fourth-order valence-corrected chi connectivity index (χ4v) is 2.51. The van der Waals surface area contributed by atoms with E-state index in [9.17, 15) is 24.8 Å². The molecule has 2 atom stereocenters. The van der Waals surface area contributed by atoms with Crippen LogP contribution in [0.5, 0.6) is 0 Å². The molecule has 1 saturated heterocycles. The van der Waals surface area contributed by atoms with Crippen molar-refractivity contribution < 1.29 is 19.6 Å². The number of amides is 2. The zero-order valence-corrected chi connectivity index (χ0v) is 11.5. The monoisotopic (exact) mass is 313 g/mol. The number of nitrogens with zero attached hydrogens (tertiary/aromatic N) is 2. The van der Waals surface area contributed by atoms with E-state index in [2.05, 4.69) is 0 Å². The minimum Gasteiger partial charge on any atom is -0.391 e. The number of halogens is 1. The number of nitrogens with two attached hydrogens (primary N) is 1. The summed E-state index contributed by atoms with van der Waals surface area (Å²) in [5.74, 6) is -1.33. The summed E-state index contributed by atoms with van der Waals surface area (Å²) in [7, 11) is 0. The van der Waals surface area contributed by atoms with Crippen LogP contribution in [0.4, 0.5) is 5.69 Å². The Morgan fingerprint density at radius 2 is 2.14 bits per heavy atom. The molecule has 1 aromatic rings. The van der Waals surface area contributed by atoms with E-state index in [0.29, 0.717) is 0 Å². The van der Waals surface area contributed by atoms with Crippen molar-refractivity contribution >= 4 is 29.1 Å². The van der Waals surface area contributed by atoms with Gasteiger partial charge < -0.3 is 15.7 Å². The van der Waals surface area contributed by atoms with Gasteiger partial charge in [-0.15, -0.1) is 0 Å². The van der Waals surface area contributed by atoms with Crippen molar-refractivity contribution in [3.05, 3.63) is 38.9 Å². The standard InChI is InChI=1S/C12H12ClN3O5/c13-9-3-6(16(20)21)1-2-8(9)12(19)15-5-7(17)4-10(15)11(14)18/h1-3,7,10,17H,4-5H2,(H2,14,18). The molecule has 1 aliphatic heterocycles. The molecule has 0 aliphatic carbocycles. The first-order valence-electron chi connectivity index (χ1n) is 6.03. The number of likely N-dealkylation sites (tertiary alicyclic amines) is 1. The summed E-state index contributed by atoms with van der Waals surface area (Å²) in [6.07, 6.45) is -0.783. The van der Waals surface area contributed by atoms with Gasteiger partial charge in [-0.2, -0.15) is 0 Å². The summed E-state index contributed by atoms with van der Waals surface area (Å²) in [6.45, 7) is -0.0419. The van der Waals surface area contributed by atoms with Crippen molar-refractivity contribution in [1.82, 2.24) is 4.90 Å². The van der Waals surface area contributed by atoms with Crippen LogP contribution in [0.1, 0.15) is 16.8 Å². The van der Waals surface area contributed by atoms with Crippen LogP contribution in [0, 0.1) is 10.1 Å². The Bertz CT molecular complexity index is 621. The van der Waals surface area contributed by atoms with Crippen molar-refractivity contribution in [1.29, 1.82) is 0 Å². The van der Waals surface area contributed by atoms with E-state index in [0.717, 1.165) is 17.0 Å². The van der Waals surface area contributed by atoms with Crippen LogP contribution in [0.15, 0.2) is 18.2 Å². The highest BCUT2D eigenvalue weighted by molar-refractivity contribution is 6.34. The highest BCUT2D eigenvalue weighted by Gasteiger charge is 2.38. The van der Waals surface area contributed by atoms with Crippen molar-refractivity contribution in [3.63, 3.8) is 0 Å². The van der Waals surface area contributed by atoms with Crippen molar-refractivity contribution in [2.24, 2.45) is 5.73 Å². The molecule has 0 aromatic heterocycles. The predicted octanol–water partition coefficient (Wildman–Crippen LogP) is 0.309. The molecule has 1 fully saturated rings. The number of benzene rings is 1. The Balaban J connectivity index is 2.31. The molecule has 21 heavy (non-hydrogen) atoms. The minimum absolute atomic E-state index is 0.0163. The maximum atomic E-state index is 12.4. The quantitative estimate of drug-likeness (QED) is 0.613. The van der Waals surface area contributed by atoms with Gasteiger partial charge in [0.15, 0.2) is 0 Å². The fourth-order valence-electron chi connectivity index (χ4n) is 2.25. The van der Waals surface area contributed by atoms with Gasteiger partial charge in [0.25, 0.3) is 11.6 Å². The number of rotatable bonds is 3. The van der Waals surface area contributed by atoms with Gasteiger partial charge in [0, 0.05) is 25.1 Å². The molecule has 0 bridgehead atoms. The number of aliphatic hydroxyl groups excluding tert-OH is 1. The molecule has 3 N–H and O–H groups in total. The number of nitro groups is 1. The van der Waals surface area contributed by atoms with E-state index in [-0.39, 0.29) is 29.2 Å². The fraction of sp³-hybridized carbons (Fsp3) is 0.333. The SMILES string of the molecule is NC(=O)C1CC(O)CN1C(=O)c1ccc([N+](=O)[O-])cc1Cl. The van der Waals surface area contributed by atoms with E-state index in [4.69, 9.17) is 17.3 Å². The molecular weight excluding hydrogens is 302 g/mol. The lowest BCUT2D eigenvalue weighted by molar-refractivity contribution is -0.384. The Morgan fingerprint density at radius 3 is 2.67 bits per heavy atom. The lowest BCUT2D eigenvalue weighted by Crippen LogP contribution is -2.43. The Kier molecular flexibility index (Phi) is 4.10. The first kappa shape index (κ1) is 15.2. The molecule has 1 aromatic carbocycles. The molecule has 0 radical (unpaired) electrons. The highest BCUT2D eigenvalue weighted by Crippen LogP contribution is 2.27. The van der Waals surface area contributed by atoms with Crippen LogP contribution in [0.3, 0.4) is 0 Å². The van der Waals surface area contributed by atoms with E-state index in [1.807, 2.05) is 0 Å². The molecule has 0 saturated carbocycles. The molecule has 9 heteroatoms. The van der Waals surface area contributed by atoms with E-state index in [1.165, 1.54) is 6.07 Å². The number of primary amides is 1. The summed E-state index contributed by atoms with van der Waals surface area (Å²) in [5, 5.41) is 20.1. The van der Waals surface area contributed by atoms with Gasteiger partial charge in [-0.25, -0.2) is 0 Å². The normalized spacial score (nSPS) is 21.3. The van der Waals surface area contributed by atoms with Crippen LogP contribution >= 0.6 is 11.6 Å². The van der Waals surface area contributed by atoms with Gasteiger partial charge >= 0.3 is 0 Å². The number of nitro benzene ring substituents is 1. The van der Waals surface area contributed by atoms with Gasteiger partial charge in [0.1, 0.15) is 6.04 Å². The Morgan fingerprint density at radius 1 is 1.48 bits per heavy atom. The molecule has 2 rings (SSSR count). The van der Waals surface area contributed by atoms with Crippen molar-refractivity contribution in [3.8, 4) is 0 Å². The van der Waals surface area contributed by atoms with Crippen molar-refractivity contribution in [2.75, 3.05) is 6.54 Å². The maximum absolute atomic E-state index is 12.4. The second kappa shape index (κ2) is 5.66. The van der Waals surface area contributed by atoms with Crippen LogP contribution in [0.25, 0.3) is 0 Å². The third-order valence-electron chi connectivity index (χ3n) is 3.26. The molecule has 0 spiro atoms. The topological polar surface area (TPSA) is 127 Å². The summed E-state index contributed by atoms with van der Waals surface area (Å²) in [5.41, 5.74) is 4.97. The predicted molar refractivity (Wildman–Crippen MR) is 72.7 cm³/mol. The Labute approximate surface area is 124 Å². The van der Waals surface area contributed by atoms with Crippen molar-refractivity contribution in [2.45, 2.75) is 18.6 Å². The number of non-ortho nitro benzene ring substituents is 1. The van der Waals surface area contributed by atoms with E-state index in [1.54, 1.807) is 0 Å². The summed E-state index contributed by atoms with van der Waals surface area (Å²) in [4.78, 5) is 34.8. The Hall–Kier alpha value is -2.19. The number of hydrogen-bond acceptors (Lipinski definition) is 5. The van der Waals surface area contributed by atoms with Gasteiger partial charge in [-0.05, 0) is 6.07 Å². The van der Waals surface area contributed by atoms with Gasteiger partial charge in [-0.3, -0.25) is 19.7 Å². The lowest BCUT2D eigenvalue weighted by atomic mass is 10.1. The first-order chi connectivity index (χ1) is 9.81. The van der Waals surface area contributed by atoms with Crippen LogP contribution in [0.2, 0.25) is 5.02 Å². The second-order valence-electron chi connectivity index (χ2n) is 4.69. The molecule has 2 amide bonds. The van der Waals surface area contributed by atoms with E-state index >= 15 is 0 Å². The summed E-state index contributed by atoms with van der Waals surface area (Å²) in [6, 6.07) is 2.50. The molecular formula is C12H12ClN3O5.